The van der Waals surface area contributed by atoms with Crippen molar-refractivity contribution in [2.75, 3.05) is 31.6 Å². The number of nitrogens with two attached hydrogens (primary N) is 1. The van der Waals surface area contributed by atoms with Gasteiger partial charge in [0.15, 0.2) is 0 Å². The molecular formula is C14H27N3O3S. The molecule has 6 nitrogen and oxygen atoms in total. The lowest BCUT2D eigenvalue weighted by Crippen LogP contribution is -2.62. The van der Waals surface area contributed by atoms with Gasteiger partial charge in [-0.15, -0.1) is 0 Å². The number of piperidine rings is 1. The van der Waals surface area contributed by atoms with Crippen molar-refractivity contribution in [2.45, 2.75) is 50.7 Å². The van der Waals surface area contributed by atoms with Gasteiger partial charge in [0, 0.05) is 31.4 Å². The molecule has 2 N–H and O–H groups in total. The normalized spacial score (nSPS) is 29.0. The fourth-order valence-corrected chi connectivity index (χ4v) is 4.02. The number of hydrogen-bond donors (Lipinski definition) is 1. The number of carbonyl (C=O) groups is 1. The molecule has 3 atom stereocenters. The van der Waals surface area contributed by atoms with E-state index in [9.17, 15) is 13.2 Å². The Hall–Kier alpha value is -0.660. The average Bonchev–Trinajstić information content (AvgIpc) is 2.42. The number of sulfone groups is 1. The molecule has 2 aliphatic rings. The van der Waals surface area contributed by atoms with Crippen LogP contribution in [0.2, 0.25) is 0 Å². The van der Waals surface area contributed by atoms with Gasteiger partial charge < -0.3 is 10.6 Å². The van der Waals surface area contributed by atoms with Crippen molar-refractivity contribution < 1.29 is 13.2 Å². The number of piperazine rings is 1. The number of carbonyl (C=O) groups excluding carboxylic acids is 1. The van der Waals surface area contributed by atoms with Crippen LogP contribution in [0.5, 0.6) is 0 Å². The van der Waals surface area contributed by atoms with Gasteiger partial charge in [-0.1, -0.05) is 6.42 Å². The zero-order valence-electron chi connectivity index (χ0n) is 13.0. The van der Waals surface area contributed by atoms with E-state index >= 15 is 0 Å². The molecule has 2 fully saturated rings. The topological polar surface area (TPSA) is 83.7 Å². The summed E-state index contributed by atoms with van der Waals surface area (Å²) in [5.41, 5.74) is 5.92. The highest BCUT2D eigenvalue weighted by Gasteiger charge is 2.36. The van der Waals surface area contributed by atoms with Crippen molar-refractivity contribution in [3.8, 4) is 0 Å². The van der Waals surface area contributed by atoms with Crippen LogP contribution >= 0.6 is 0 Å². The quantitative estimate of drug-likeness (QED) is 0.778. The lowest BCUT2D eigenvalue weighted by Gasteiger charge is -2.48. The molecule has 2 aliphatic heterocycles. The number of fused-ring (bicyclic) bond motifs is 1. The van der Waals surface area contributed by atoms with Crippen LogP contribution in [0.1, 0.15) is 32.6 Å². The van der Waals surface area contributed by atoms with Crippen LogP contribution in [0, 0.1) is 0 Å². The zero-order valence-corrected chi connectivity index (χ0v) is 13.8. The number of rotatable bonds is 4. The number of amides is 1. The first kappa shape index (κ1) is 16.7. The third-order valence-electron chi connectivity index (χ3n) is 4.59. The smallest absolute Gasteiger partial charge is 0.239 e. The van der Waals surface area contributed by atoms with Gasteiger partial charge >= 0.3 is 0 Å². The molecule has 0 aromatic heterocycles. The van der Waals surface area contributed by atoms with E-state index in [1.807, 2.05) is 11.8 Å². The highest BCUT2D eigenvalue weighted by molar-refractivity contribution is 7.90. The van der Waals surface area contributed by atoms with Crippen LogP contribution in [0.15, 0.2) is 0 Å². The van der Waals surface area contributed by atoms with E-state index in [1.165, 1.54) is 19.1 Å². The Labute approximate surface area is 127 Å². The Bertz CT molecular complexity index is 480. The summed E-state index contributed by atoms with van der Waals surface area (Å²) in [4.78, 5) is 16.8. The molecule has 122 valence electrons. The van der Waals surface area contributed by atoms with Crippen molar-refractivity contribution in [3.05, 3.63) is 0 Å². The Balaban J connectivity index is 1.94. The third-order valence-corrected chi connectivity index (χ3v) is 5.56. The van der Waals surface area contributed by atoms with Crippen molar-refractivity contribution in [1.82, 2.24) is 9.80 Å². The minimum Gasteiger partial charge on any atom is -0.336 e. The summed E-state index contributed by atoms with van der Waals surface area (Å²) in [6.45, 7) is 4.80. The lowest BCUT2D eigenvalue weighted by molar-refractivity contribution is -0.139. The molecule has 0 aromatic rings. The van der Waals surface area contributed by atoms with Gasteiger partial charge in [0.25, 0.3) is 0 Å². The van der Waals surface area contributed by atoms with Crippen molar-refractivity contribution >= 4 is 15.7 Å². The second-order valence-electron chi connectivity index (χ2n) is 6.51. The minimum absolute atomic E-state index is 0.0301. The Morgan fingerprint density at radius 3 is 2.71 bits per heavy atom. The monoisotopic (exact) mass is 317 g/mol. The molecule has 21 heavy (non-hydrogen) atoms. The van der Waals surface area contributed by atoms with Gasteiger partial charge in [-0.05, 0) is 32.7 Å². The Morgan fingerprint density at radius 2 is 2.05 bits per heavy atom. The van der Waals surface area contributed by atoms with E-state index in [-0.39, 0.29) is 24.1 Å². The summed E-state index contributed by atoms with van der Waals surface area (Å²) in [5, 5.41) is 0. The van der Waals surface area contributed by atoms with Gasteiger partial charge in [-0.25, -0.2) is 8.42 Å². The molecule has 0 aromatic carbocycles. The summed E-state index contributed by atoms with van der Waals surface area (Å²) in [5.74, 6) is -0.131. The SMILES string of the molecule is CC1CN2CCCCC2CN1C(=O)C(N)CCS(C)(=O)=O. The van der Waals surface area contributed by atoms with Gasteiger partial charge in [-0.2, -0.15) is 0 Å². The molecule has 2 heterocycles. The van der Waals surface area contributed by atoms with Crippen molar-refractivity contribution in [3.63, 3.8) is 0 Å². The largest absolute Gasteiger partial charge is 0.336 e. The summed E-state index contributed by atoms with van der Waals surface area (Å²) in [6.07, 6.45) is 4.97. The predicted molar refractivity (Wildman–Crippen MR) is 82.7 cm³/mol. The third kappa shape index (κ3) is 4.40. The molecule has 2 saturated heterocycles. The van der Waals surface area contributed by atoms with Crippen molar-refractivity contribution in [1.29, 1.82) is 0 Å². The van der Waals surface area contributed by atoms with E-state index in [2.05, 4.69) is 4.90 Å². The van der Waals surface area contributed by atoms with Crippen LogP contribution in [0.25, 0.3) is 0 Å². The lowest BCUT2D eigenvalue weighted by atomic mass is 9.96. The molecule has 0 saturated carbocycles. The van der Waals surface area contributed by atoms with Crippen LogP contribution in [-0.4, -0.2) is 73.9 Å². The Morgan fingerprint density at radius 1 is 1.33 bits per heavy atom. The second kappa shape index (κ2) is 6.62. The average molecular weight is 317 g/mol. The number of nitrogens with zero attached hydrogens (tertiary/aromatic N) is 2. The molecule has 3 unspecified atom stereocenters. The van der Waals surface area contributed by atoms with E-state index in [0.29, 0.717) is 6.04 Å². The van der Waals surface area contributed by atoms with Gasteiger partial charge in [-0.3, -0.25) is 9.69 Å². The summed E-state index contributed by atoms with van der Waals surface area (Å²) >= 11 is 0. The maximum atomic E-state index is 12.5. The maximum Gasteiger partial charge on any atom is 0.239 e. The van der Waals surface area contributed by atoms with Gasteiger partial charge in [0.05, 0.1) is 11.8 Å². The van der Waals surface area contributed by atoms with E-state index < -0.39 is 15.9 Å². The molecule has 2 rings (SSSR count). The predicted octanol–water partition coefficient (Wildman–Crippen LogP) is -0.166. The fourth-order valence-electron chi connectivity index (χ4n) is 3.34. The van der Waals surface area contributed by atoms with E-state index in [0.717, 1.165) is 26.1 Å². The van der Waals surface area contributed by atoms with Gasteiger partial charge in [0.2, 0.25) is 5.91 Å². The molecule has 7 heteroatoms. The minimum atomic E-state index is -3.07. The summed E-state index contributed by atoms with van der Waals surface area (Å²) in [7, 11) is -3.07. The first-order valence-corrected chi connectivity index (χ1v) is 9.82. The highest BCUT2D eigenvalue weighted by atomic mass is 32.2. The standard InChI is InChI=1S/C14H27N3O3S/c1-11-9-16-7-4-3-5-12(16)10-17(11)14(18)13(15)6-8-21(2,19)20/h11-13H,3-10,15H2,1-2H3. The van der Waals surface area contributed by atoms with Gasteiger partial charge in [0.1, 0.15) is 9.84 Å². The second-order valence-corrected chi connectivity index (χ2v) is 8.77. The molecule has 1 amide bonds. The molecule has 0 spiro atoms. The molecular weight excluding hydrogens is 290 g/mol. The van der Waals surface area contributed by atoms with Crippen LogP contribution in [0.4, 0.5) is 0 Å². The molecule has 0 radical (unpaired) electrons. The molecule has 0 aliphatic carbocycles. The van der Waals surface area contributed by atoms with Crippen LogP contribution in [0.3, 0.4) is 0 Å². The first-order chi connectivity index (χ1) is 9.78. The first-order valence-electron chi connectivity index (χ1n) is 7.76. The van der Waals surface area contributed by atoms with Crippen molar-refractivity contribution in [2.24, 2.45) is 5.73 Å². The van der Waals surface area contributed by atoms with Crippen LogP contribution < -0.4 is 5.73 Å². The molecule has 0 bridgehead atoms. The van der Waals surface area contributed by atoms with Crippen LogP contribution in [-0.2, 0) is 14.6 Å². The highest BCUT2D eigenvalue weighted by Crippen LogP contribution is 2.24. The number of hydrogen-bond acceptors (Lipinski definition) is 5. The van der Waals surface area contributed by atoms with E-state index in [1.54, 1.807) is 0 Å². The zero-order chi connectivity index (χ0) is 15.6. The summed E-state index contributed by atoms with van der Waals surface area (Å²) in [6, 6.07) is -0.116. The maximum absolute atomic E-state index is 12.5. The van der Waals surface area contributed by atoms with E-state index in [4.69, 9.17) is 5.73 Å². The summed E-state index contributed by atoms with van der Waals surface area (Å²) < 4.78 is 22.4. The Kier molecular flexibility index (Phi) is 5.27. The fraction of sp³-hybridized carbons (Fsp3) is 0.929.